The van der Waals surface area contributed by atoms with Crippen LogP contribution in [0.4, 0.5) is 10.1 Å². The largest absolute Gasteiger partial charge is 0.376 e. The summed E-state index contributed by atoms with van der Waals surface area (Å²) < 4.78 is 23.6. The molecule has 3 aromatic heterocycles. The summed E-state index contributed by atoms with van der Waals surface area (Å²) in [4.78, 5) is 25.4. The summed E-state index contributed by atoms with van der Waals surface area (Å²) in [6.07, 6.45) is 1.81. The van der Waals surface area contributed by atoms with E-state index in [1.165, 1.54) is 23.5 Å². The lowest BCUT2D eigenvalue weighted by atomic mass is 10.2. The summed E-state index contributed by atoms with van der Waals surface area (Å²) in [6, 6.07) is 5.88. The molecule has 5 rings (SSSR count). The van der Waals surface area contributed by atoms with Crippen LogP contribution in [0.15, 0.2) is 39.6 Å². The molecule has 1 N–H and O–H groups in total. The van der Waals surface area contributed by atoms with E-state index in [-0.39, 0.29) is 28.1 Å². The number of rotatable bonds is 6. The number of carbonyl (C=O) groups is 1. The smallest absolute Gasteiger partial charge is 0.272 e. The number of ether oxygens (including phenoxy) is 1. The fraction of sp³-hybridized carbons (Fsp3) is 0.300. The predicted molar refractivity (Wildman–Crippen MR) is 122 cm³/mol. The highest BCUT2D eigenvalue weighted by molar-refractivity contribution is 7.99. The number of aromatic nitrogens is 4. The molecule has 1 aromatic carbocycles. The highest BCUT2D eigenvalue weighted by Gasteiger charge is 2.23. The number of nitrogens with one attached hydrogen (secondary N) is 1. The normalized spacial score (nSPS) is 16.2. The first-order valence-corrected chi connectivity index (χ1v) is 12.1. The molecule has 1 aliphatic heterocycles. The van der Waals surface area contributed by atoms with Crippen molar-refractivity contribution in [3.63, 3.8) is 0 Å². The van der Waals surface area contributed by atoms with Crippen LogP contribution < -0.4 is 10.9 Å². The van der Waals surface area contributed by atoms with Crippen molar-refractivity contribution < 1.29 is 13.9 Å². The van der Waals surface area contributed by atoms with Crippen LogP contribution in [0.5, 0.6) is 0 Å². The lowest BCUT2D eigenvalue weighted by molar-refractivity contribution is -0.113. The van der Waals surface area contributed by atoms with Gasteiger partial charge in [-0.3, -0.25) is 18.6 Å². The third-order valence-electron chi connectivity index (χ3n) is 5.13. The van der Waals surface area contributed by atoms with E-state index in [4.69, 9.17) is 16.3 Å². The van der Waals surface area contributed by atoms with Crippen LogP contribution in [0.3, 0.4) is 0 Å². The minimum absolute atomic E-state index is 0.0145. The molecule has 32 heavy (non-hydrogen) atoms. The van der Waals surface area contributed by atoms with Crippen LogP contribution in [0.1, 0.15) is 12.8 Å². The van der Waals surface area contributed by atoms with Gasteiger partial charge in [0, 0.05) is 11.6 Å². The molecule has 8 nitrogen and oxygen atoms in total. The minimum atomic E-state index is -0.609. The Kier molecular flexibility index (Phi) is 5.89. The number of amides is 1. The Morgan fingerprint density at radius 3 is 3.03 bits per heavy atom. The quantitative estimate of drug-likeness (QED) is 0.411. The fourth-order valence-electron chi connectivity index (χ4n) is 3.66. The summed E-state index contributed by atoms with van der Waals surface area (Å²) in [6.45, 7) is 1.09. The van der Waals surface area contributed by atoms with Crippen molar-refractivity contribution in [2.75, 3.05) is 17.7 Å². The third kappa shape index (κ3) is 4.01. The molecule has 0 bridgehead atoms. The first-order chi connectivity index (χ1) is 15.5. The van der Waals surface area contributed by atoms with Crippen molar-refractivity contribution in [3.05, 3.63) is 50.8 Å². The number of hydrogen-bond acceptors (Lipinski definition) is 7. The predicted octanol–water partition coefficient (Wildman–Crippen LogP) is 3.81. The lowest BCUT2D eigenvalue weighted by Crippen LogP contribution is -2.28. The Bertz CT molecular complexity index is 1380. The molecule has 1 amide bonds. The second-order valence-corrected chi connectivity index (χ2v) is 9.56. The van der Waals surface area contributed by atoms with Crippen molar-refractivity contribution in [1.82, 2.24) is 19.2 Å². The zero-order chi connectivity index (χ0) is 22.2. The molecule has 1 aliphatic rings. The lowest BCUT2D eigenvalue weighted by Gasteiger charge is -2.13. The van der Waals surface area contributed by atoms with E-state index in [1.807, 2.05) is 11.4 Å². The molecule has 0 saturated carbocycles. The Morgan fingerprint density at radius 1 is 1.38 bits per heavy atom. The van der Waals surface area contributed by atoms with Gasteiger partial charge in [-0.25, -0.2) is 4.39 Å². The summed E-state index contributed by atoms with van der Waals surface area (Å²) in [5.41, 5.74) is 0.616. The van der Waals surface area contributed by atoms with E-state index < -0.39 is 11.7 Å². The fourth-order valence-corrected chi connectivity index (χ4v) is 5.38. The average molecular weight is 494 g/mol. The van der Waals surface area contributed by atoms with Crippen LogP contribution in [0, 0.1) is 5.82 Å². The van der Waals surface area contributed by atoms with E-state index in [0.29, 0.717) is 34.3 Å². The van der Waals surface area contributed by atoms with Crippen molar-refractivity contribution in [1.29, 1.82) is 0 Å². The van der Waals surface area contributed by atoms with Crippen LogP contribution in [-0.4, -0.2) is 43.5 Å². The first-order valence-electron chi connectivity index (χ1n) is 9.85. The van der Waals surface area contributed by atoms with Gasteiger partial charge in [-0.1, -0.05) is 23.4 Å². The number of carbonyl (C=O) groups excluding carboxylic acids is 1. The minimum Gasteiger partial charge on any atom is -0.376 e. The van der Waals surface area contributed by atoms with Crippen LogP contribution in [0.2, 0.25) is 5.02 Å². The zero-order valence-electron chi connectivity index (χ0n) is 16.6. The highest BCUT2D eigenvalue weighted by atomic mass is 35.5. The van der Waals surface area contributed by atoms with Gasteiger partial charge in [0.1, 0.15) is 10.5 Å². The Morgan fingerprint density at radius 2 is 2.25 bits per heavy atom. The van der Waals surface area contributed by atoms with Crippen LogP contribution in [0.25, 0.3) is 16.0 Å². The van der Waals surface area contributed by atoms with Gasteiger partial charge in [-0.2, -0.15) is 0 Å². The Balaban J connectivity index is 1.42. The van der Waals surface area contributed by atoms with Gasteiger partial charge in [0.25, 0.3) is 5.56 Å². The molecular weight excluding hydrogens is 477 g/mol. The van der Waals surface area contributed by atoms with Gasteiger partial charge in [0.05, 0.1) is 29.6 Å². The molecular formula is C20H17ClFN5O3S2. The summed E-state index contributed by atoms with van der Waals surface area (Å²) >= 11 is 8.25. The van der Waals surface area contributed by atoms with E-state index >= 15 is 0 Å². The van der Waals surface area contributed by atoms with Gasteiger partial charge in [0.2, 0.25) is 11.7 Å². The number of nitrogens with zero attached hydrogens (tertiary/aromatic N) is 4. The molecule has 0 spiro atoms. The number of thioether (sulfide) groups is 1. The van der Waals surface area contributed by atoms with Gasteiger partial charge >= 0.3 is 0 Å². The molecule has 1 saturated heterocycles. The molecule has 4 heterocycles. The molecule has 0 radical (unpaired) electrons. The second kappa shape index (κ2) is 8.81. The van der Waals surface area contributed by atoms with Crippen molar-refractivity contribution in [2.24, 2.45) is 0 Å². The maximum absolute atomic E-state index is 13.9. The molecule has 0 unspecified atom stereocenters. The maximum atomic E-state index is 13.9. The third-order valence-corrected chi connectivity index (χ3v) is 7.19. The first kappa shape index (κ1) is 21.4. The van der Waals surface area contributed by atoms with Crippen molar-refractivity contribution in [3.8, 4) is 0 Å². The number of benzene rings is 1. The van der Waals surface area contributed by atoms with Crippen molar-refractivity contribution in [2.45, 2.75) is 30.6 Å². The topological polar surface area (TPSA) is 90.5 Å². The van der Waals surface area contributed by atoms with Crippen molar-refractivity contribution >= 4 is 62.3 Å². The van der Waals surface area contributed by atoms with E-state index in [9.17, 15) is 14.0 Å². The average Bonchev–Trinajstić information content (AvgIpc) is 3.52. The second-order valence-electron chi connectivity index (χ2n) is 7.26. The highest BCUT2D eigenvalue weighted by Crippen LogP contribution is 2.26. The number of fused-ring (bicyclic) bond motifs is 3. The number of anilines is 1. The summed E-state index contributed by atoms with van der Waals surface area (Å²) in [5, 5.41) is 13.5. The van der Waals surface area contributed by atoms with E-state index in [0.717, 1.165) is 30.7 Å². The Hall–Kier alpha value is -2.47. The molecule has 166 valence electrons. The molecule has 1 fully saturated rings. The Labute approximate surface area is 194 Å². The van der Waals surface area contributed by atoms with Crippen LogP contribution >= 0.6 is 34.7 Å². The van der Waals surface area contributed by atoms with E-state index in [1.54, 1.807) is 8.97 Å². The van der Waals surface area contributed by atoms with Gasteiger partial charge in [-0.15, -0.1) is 21.5 Å². The zero-order valence-corrected chi connectivity index (χ0v) is 19.0. The summed E-state index contributed by atoms with van der Waals surface area (Å²) in [7, 11) is 0. The number of hydrogen-bond donors (Lipinski definition) is 1. The maximum Gasteiger partial charge on any atom is 0.272 e. The van der Waals surface area contributed by atoms with Gasteiger partial charge < -0.3 is 10.1 Å². The van der Waals surface area contributed by atoms with Crippen LogP contribution in [-0.2, 0) is 16.1 Å². The number of thiophene rings is 1. The molecule has 1 atom stereocenters. The standard InChI is InChI=1S/C20H17ClFN5O3S2/c21-11-3-4-14(13(22)8-11)23-16(28)10-32-20-25-24-19-26(9-12-2-1-6-30-12)18(29)17-15(27(19)20)5-7-31-17/h3-5,7-8,12H,1-2,6,9-10H2,(H,23,28)/t12-/m0/s1. The molecule has 0 aliphatic carbocycles. The summed E-state index contributed by atoms with van der Waals surface area (Å²) in [5.74, 6) is -0.619. The van der Waals surface area contributed by atoms with Gasteiger partial charge in [-0.05, 0) is 42.5 Å². The molecule has 12 heteroatoms. The number of halogens is 2. The molecule has 4 aromatic rings. The van der Waals surface area contributed by atoms with Gasteiger partial charge in [0.15, 0.2) is 5.16 Å². The van der Waals surface area contributed by atoms with E-state index in [2.05, 4.69) is 15.5 Å². The monoisotopic (exact) mass is 493 g/mol. The SMILES string of the molecule is O=C(CSc1nnc2n(C[C@@H]3CCCO3)c(=O)c3sccc3n12)Nc1ccc(Cl)cc1F.